The van der Waals surface area contributed by atoms with E-state index in [1.54, 1.807) is 31.2 Å². The van der Waals surface area contributed by atoms with Gasteiger partial charge in [0.15, 0.2) is 0 Å². The summed E-state index contributed by atoms with van der Waals surface area (Å²) in [6.07, 6.45) is 7.68. The fourth-order valence-electron chi connectivity index (χ4n) is 2.89. The van der Waals surface area contributed by atoms with Gasteiger partial charge in [-0.05, 0) is 68.3 Å². The highest BCUT2D eigenvalue weighted by Gasteiger charge is 2.02. The number of nitrogens with zero attached hydrogens (tertiary/aromatic N) is 3. The third-order valence-electron chi connectivity index (χ3n) is 4.75. The molecule has 6 nitrogen and oxygen atoms in total. The lowest BCUT2D eigenvalue weighted by Gasteiger charge is -2.06. The average molecular weight is 434 g/mol. The van der Waals surface area contributed by atoms with Crippen LogP contribution < -0.4 is 4.74 Å². The number of hydrogen-bond donors (Lipinski definition) is 0. The minimum atomic E-state index is -0.299. The van der Waals surface area contributed by atoms with E-state index in [9.17, 15) is 4.79 Å². The Kier molecular flexibility index (Phi) is 11.3. The summed E-state index contributed by atoms with van der Waals surface area (Å²) in [5.74, 6) is 0.527. The van der Waals surface area contributed by atoms with Gasteiger partial charge in [0.25, 0.3) is 0 Å². The molecule has 0 heterocycles. The summed E-state index contributed by atoms with van der Waals surface area (Å²) in [4.78, 5) is 11.2. The van der Waals surface area contributed by atoms with Crippen LogP contribution in [0.15, 0.2) is 70.9 Å². The van der Waals surface area contributed by atoms with E-state index >= 15 is 0 Å². The van der Waals surface area contributed by atoms with Gasteiger partial charge in [-0.2, -0.15) is 15.5 Å². The highest BCUT2D eigenvalue weighted by molar-refractivity contribution is 5.86. The second-order valence-electron chi connectivity index (χ2n) is 7.59. The number of rotatable bonds is 14. The van der Waals surface area contributed by atoms with E-state index in [4.69, 9.17) is 14.7 Å². The molecule has 0 N–H and O–H groups in total. The normalized spacial score (nSPS) is 10.6. The van der Waals surface area contributed by atoms with E-state index in [1.165, 1.54) is 12.8 Å². The van der Waals surface area contributed by atoms with Crippen LogP contribution in [0, 0.1) is 11.3 Å². The molecule has 0 spiro atoms. The fraction of sp³-hybridized carbons (Fsp3) is 0.385. The summed E-state index contributed by atoms with van der Waals surface area (Å²) in [6.45, 7) is 6.40. The maximum Gasteiger partial charge on any atom is 0.333 e. The maximum atomic E-state index is 11.2. The Morgan fingerprint density at radius 2 is 1.34 bits per heavy atom. The van der Waals surface area contributed by atoms with Crippen LogP contribution in [0.2, 0.25) is 0 Å². The summed E-state index contributed by atoms with van der Waals surface area (Å²) >= 11 is 0. The Hall–Kier alpha value is -3.46. The predicted molar refractivity (Wildman–Crippen MR) is 125 cm³/mol. The van der Waals surface area contributed by atoms with Gasteiger partial charge in [-0.1, -0.05) is 38.7 Å². The highest BCUT2D eigenvalue weighted by atomic mass is 16.5. The molecule has 168 valence electrons. The summed E-state index contributed by atoms with van der Waals surface area (Å²) in [7, 11) is 0. The molecule has 0 aliphatic carbocycles. The second-order valence-corrected chi connectivity index (χ2v) is 7.59. The average Bonchev–Trinajstić information content (AvgIpc) is 2.82. The zero-order valence-electron chi connectivity index (χ0n) is 18.8. The molecule has 6 heteroatoms. The summed E-state index contributed by atoms with van der Waals surface area (Å²) < 4.78 is 10.9. The van der Waals surface area contributed by atoms with Gasteiger partial charge in [0.05, 0.1) is 36.2 Å². The fourth-order valence-corrected chi connectivity index (χ4v) is 2.89. The number of benzene rings is 2. The quantitative estimate of drug-likeness (QED) is 0.136. The number of unbranched alkanes of at least 4 members (excludes halogenated alkanes) is 6. The minimum absolute atomic E-state index is 0.299. The largest absolute Gasteiger partial charge is 0.494 e. The van der Waals surface area contributed by atoms with Gasteiger partial charge in [-0.25, -0.2) is 4.79 Å². The van der Waals surface area contributed by atoms with Gasteiger partial charge in [0, 0.05) is 5.57 Å². The van der Waals surface area contributed by atoms with Crippen molar-refractivity contribution >= 4 is 17.3 Å². The Balaban J connectivity index is 1.52. The molecule has 0 amide bonds. The Bertz CT molecular complexity index is 913. The summed E-state index contributed by atoms with van der Waals surface area (Å²) in [5.41, 5.74) is 2.50. The van der Waals surface area contributed by atoms with Gasteiger partial charge in [0.1, 0.15) is 5.75 Å². The monoisotopic (exact) mass is 433 g/mol. The van der Waals surface area contributed by atoms with E-state index in [-0.39, 0.29) is 5.97 Å². The van der Waals surface area contributed by atoms with E-state index in [0.717, 1.165) is 43.5 Å². The van der Waals surface area contributed by atoms with Crippen molar-refractivity contribution in [3.63, 3.8) is 0 Å². The molecule has 0 bridgehead atoms. The van der Waals surface area contributed by atoms with Crippen molar-refractivity contribution in [3.8, 4) is 11.8 Å². The van der Waals surface area contributed by atoms with Crippen LogP contribution in [0.5, 0.6) is 5.75 Å². The van der Waals surface area contributed by atoms with Crippen LogP contribution >= 0.6 is 0 Å². The molecule has 2 aromatic carbocycles. The lowest BCUT2D eigenvalue weighted by atomic mass is 10.1. The number of hydrogen-bond acceptors (Lipinski definition) is 6. The molecule has 2 rings (SSSR count). The molecule has 0 aliphatic heterocycles. The van der Waals surface area contributed by atoms with Crippen molar-refractivity contribution in [1.82, 2.24) is 0 Å². The van der Waals surface area contributed by atoms with Gasteiger partial charge < -0.3 is 9.47 Å². The van der Waals surface area contributed by atoms with Crippen molar-refractivity contribution < 1.29 is 14.3 Å². The number of esters is 1. The topological polar surface area (TPSA) is 84.0 Å². The van der Waals surface area contributed by atoms with E-state index in [1.807, 2.05) is 24.3 Å². The number of nitriles is 1. The van der Waals surface area contributed by atoms with Crippen molar-refractivity contribution in [2.24, 2.45) is 10.2 Å². The van der Waals surface area contributed by atoms with Crippen molar-refractivity contribution in [2.75, 3.05) is 13.2 Å². The second kappa shape index (κ2) is 14.5. The summed E-state index contributed by atoms with van der Waals surface area (Å²) in [5, 5.41) is 17.2. The number of ether oxygens (including phenoxy) is 2. The molecule has 0 saturated heterocycles. The number of carbonyl (C=O) groups excluding carboxylic acids is 1. The zero-order valence-corrected chi connectivity index (χ0v) is 18.8. The molecule has 0 atom stereocenters. The van der Waals surface area contributed by atoms with Crippen LogP contribution in [-0.2, 0) is 9.53 Å². The first-order valence-electron chi connectivity index (χ1n) is 11.1. The standard InChI is InChI=1S/C26H31N3O3/c1-21(2)26(30)32-19-9-7-5-3-4-6-8-18-31-25-16-14-24(15-17-25)29-28-23-12-10-22(20-27)11-13-23/h10-17H,1,3-9,18-19H2,2H3. The van der Waals surface area contributed by atoms with Crippen molar-refractivity contribution in [2.45, 2.75) is 51.9 Å². The van der Waals surface area contributed by atoms with Crippen molar-refractivity contribution in [1.29, 1.82) is 5.26 Å². The van der Waals surface area contributed by atoms with E-state index < -0.39 is 0 Å². The van der Waals surface area contributed by atoms with Crippen LogP contribution in [-0.4, -0.2) is 19.2 Å². The zero-order chi connectivity index (χ0) is 23.0. The predicted octanol–water partition coefficient (Wildman–Crippen LogP) is 7.20. The smallest absolute Gasteiger partial charge is 0.333 e. The first-order valence-corrected chi connectivity index (χ1v) is 11.1. The van der Waals surface area contributed by atoms with Gasteiger partial charge in [-0.3, -0.25) is 0 Å². The molecular weight excluding hydrogens is 402 g/mol. The molecule has 2 aromatic rings. The molecule has 32 heavy (non-hydrogen) atoms. The van der Waals surface area contributed by atoms with E-state index in [2.05, 4.69) is 22.9 Å². The van der Waals surface area contributed by atoms with Crippen LogP contribution in [0.1, 0.15) is 57.4 Å². The highest BCUT2D eigenvalue weighted by Crippen LogP contribution is 2.22. The maximum absolute atomic E-state index is 11.2. The van der Waals surface area contributed by atoms with E-state index in [0.29, 0.717) is 30.0 Å². The third-order valence-corrected chi connectivity index (χ3v) is 4.75. The van der Waals surface area contributed by atoms with Gasteiger partial charge in [-0.15, -0.1) is 0 Å². The first-order chi connectivity index (χ1) is 15.6. The molecule has 0 fully saturated rings. The Morgan fingerprint density at radius 1 is 0.844 bits per heavy atom. The van der Waals surface area contributed by atoms with Gasteiger partial charge >= 0.3 is 5.97 Å². The minimum Gasteiger partial charge on any atom is -0.494 e. The lowest BCUT2D eigenvalue weighted by molar-refractivity contribution is -0.139. The van der Waals surface area contributed by atoms with Gasteiger partial charge in [0.2, 0.25) is 0 Å². The SMILES string of the molecule is C=C(C)C(=O)OCCCCCCCCCOc1ccc(N=Nc2ccc(C#N)cc2)cc1. The van der Waals surface area contributed by atoms with Crippen LogP contribution in [0.3, 0.4) is 0 Å². The Labute approximate surface area is 190 Å². The number of azo groups is 1. The molecular formula is C26H31N3O3. The molecule has 0 unspecified atom stereocenters. The number of carbonyl (C=O) groups is 1. The third kappa shape index (κ3) is 10.0. The summed E-state index contributed by atoms with van der Waals surface area (Å²) in [6, 6.07) is 16.6. The molecule has 0 saturated carbocycles. The molecule has 0 aromatic heterocycles. The molecule has 0 radical (unpaired) electrons. The van der Waals surface area contributed by atoms with Crippen LogP contribution in [0.4, 0.5) is 11.4 Å². The lowest BCUT2D eigenvalue weighted by Crippen LogP contribution is -2.05. The first kappa shape index (κ1) is 24.8. The molecule has 0 aliphatic rings. The Morgan fingerprint density at radius 3 is 1.88 bits per heavy atom. The van der Waals surface area contributed by atoms with Crippen molar-refractivity contribution in [3.05, 3.63) is 66.2 Å². The van der Waals surface area contributed by atoms with Crippen LogP contribution in [0.25, 0.3) is 0 Å².